The minimum atomic E-state index is -0.0476. The van der Waals surface area contributed by atoms with Crippen molar-refractivity contribution in [3.63, 3.8) is 0 Å². The molecule has 3 heteroatoms. The van der Waals surface area contributed by atoms with Crippen LogP contribution in [0.4, 0.5) is 0 Å². The smallest absolute Gasteiger partial charge is 0.260 e. The van der Waals surface area contributed by atoms with Gasteiger partial charge in [-0.1, -0.05) is 19.4 Å². The number of hydrazine groups is 1. The van der Waals surface area contributed by atoms with Crippen LogP contribution in [0.15, 0.2) is 11.6 Å². The fraction of sp³-hybridized carbons (Fsp3) is 0.667. The molecule has 0 atom stereocenters. The Morgan fingerprint density at radius 3 is 2.67 bits per heavy atom. The first-order valence-electron chi connectivity index (χ1n) is 4.38. The zero-order valence-corrected chi connectivity index (χ0v) is 8.11. The van der Waals surface area contributed by atoms with Crippen molar-refractivity contribution in [3.05, 3.63) is 11.6 Å². The Balaban J connectivity index is 3.45. The summed E-state index contributed by atoms with van der Waals surface area (Å²) in [6.07, 6.45) is 4.00. The lowest BCUT2D eigenvalue weighted by Gasteiger charge is -2.05. The van der Waals surface area contributed by atoms with Gasteiger partial charge in [-0.15, -0.1) is 0 Å². The quantitative estimate of drug-likeness (QED) is 0.372. The van der Waals surface area contributed by atoms with Gasteiger partial charge in [-0.2, -0.15) is 0 Å². The van der Waals surface area contributed by atoms with Gasteiger partial charge in [-0.05, 0) is 20.3 Å². The van der Waals surface area contributed by atoms with E-state index in [9.17, 15) is 4.79 Å². The van der Waals surface area contributed by atoms with Gasteiger partial charge < -0.3 is 0 Å². The molecular weight excluding hydrogens is 152 g/mol. The molecule has 1 amide bonds. The summed E-state index contributed by atoms with van der Waals surface area (Å²) in [5.41, 5.74) is 6.21. The number of amides is 1. The van der Waals surface area contributed by atoms with Crippen molar-refractivity contribution < 1.29 is 4.79 Å². The largest absolute Gasteiger partial charge is 0.288 e. The average Bonchev–Trinajstić information content (AvgIpc) is 2.10. The Morgan fingerprint density at radius 1 is 1.50 bits per heavy atom. The van der Waals surface area contributed by atoms with E-state index in [1.54, 1.807) is 13.0 Å². The number of hydrogen-bond acceptors (Lipinski definition) is 2. The van der Waals surface area contributed by atoms with E-state index in [-0.39, 0.29) is 5.91 Å². The predicted molar refractivity (Wildman–Crippen MR) is 50.5 cm³/mol. The summed E-state index contributed by atoms with van der Waals surface area (Å²) in [6, 6.07) is 0. The molecule has 12 heavy (non-hydrogen) atoms. The summed E-state index contributed by atoms with van der Waals surface area (Å²) >= 11 is 0. The van der Waals surface area contributed by atoms with Crippen LogP contribution in [-0.2, 0) is 4.79 Å². The normalized spacial score (nSPS) is 11.4. The Bertz CT molecular complexity index is 164. The van der Waals surface area contributed by atoms with Crippen LogP contribution in [0.2, 0.25) is 0 Å². The summed E-state index contributed by atoms with van der Waals surface area (Å²) < 4.78 is 0. The molecule has 0 heterocycles. The van der Waals surface area contributed by atoms with Crippen molar-refractivity contribution in [2.24, 2.45) is 0 Å². The Hall–Kier alpha value is -0.830. The molecule has 0 aromatic heterocycles. The van der Waals surface area contributed by atoms with Gasteiger partial charge >= 0.3 is 0 Å². The van der Waals surface area contributed by atoms with Crippen LogP contribution in [0.25, 0.3) is 0 Å². The molecule has 0 saturated carbocycles. The molecule has 0 rings (SSSR count). The summed E-state index contributed by atoms with van der Waals surface area (Å²) in [7, 11) is 0. The second-order valence-corrected chi connectivity index (χ2v) is 2.71. The van der Waals surface area contributed by atoms with Crippen LogP contribution in [0.5, 0.6) is 0 Å². The zero-order chi connectivity index (χ0) is 9.40. The van der Waals surface area contributed by atoms with Crippen molar-refractivity contribution in [2.45, 2.75) is 33.6 Å². The van der Waals surface area contributed by atoms with E-state index in [0.29, 0.717) is 0 Å². The molecular formula is C9H18N2O. The first kappa shape index (κ1) is 11.2. The maximum Gasteiger partial charge on any atom is 0.260 e. The summed E-state index contributed by atoms with van der Waals surface area (Å²) in [5, 5.41) is 0. The number of hydrogen-bond donors (Lipinski definition) is 2. The summed E-state index contributed by atoms with van der Waals surface area (Å²) in [5.74, 6) is -0.0476. The van der Waals surface area contributed by atoms with E-state index in [4.69, 9.17) is 0 Å². The van der Waals surface area contributed by atoms with Crippen molar-refractivity contribution in [2.75, 3.05) is 6.54 Å². The lowest BCUT2D eigenvalue weighted by atomic mass is 10.3. The van der Waals surface area contributed by atoms with Gasteiger partial charge in [-0.3, -0.25) is 10.2 Å². The van der Waals surface area contributed by atoms with Gasteiger partial charge in [0.15, 0.2) is 0 Å². The molecule has 3 nitrogen and oxygen atoms in total. The van der Waals surface area contributed by atoms with Gasteiger partial charge in [0.25, 0.3) is 5.91 Å². The number of carbonyl (C=O) groups is 1. The second-order valence-electron chi connectivity index (χ2n) is 2.71. The third kappa shape index (κ3) is 4.91. The van der Waals surface area contributed by atoms with Crippen molar-refractivity contribution >= 4 is 5.91 Å². The Kier molecular flexibility index (Phi) is 6.38. The fourth-order valence-corrected chi connectivity index (χ4v) is 0.638. The Morgan fingerprint density at radius 2 is 2.17 bits per heavy atom. The van der Waals surface area contributed by atoms with E-state index in [2.05, 4.69) is 17.8 Å². The fourth-order valence-electron chi connectivity index (χ4n) is 0.638. The topological polar surface area (TPSA) is 41.1 Å². The molecule has 2 N–H and O–H groups in total. The number of nitrogens with one attached hydrogen (secondary N) is 2. The molecule has 0 unspecified atom stereocenters. The minimum Gasteiger partial charge on any atom is -0.288 e. The minimum absolute atomic E-state index is 0.0476. The number of unbranched alkanes of at least 4 members (excludes halogenated alkanes) is 1. The van der Waals surface area contributed by atoms with Gasteiger partial charge in [-0.25, -0.2) is 5.43 Å². The van der Waals surface area contributed by atoms with Crippen LogP contribution >= 0.6 is 0 Å². The van der Waals surface area contributed by atoms with Crippen molar-refractivity contribution in [1.29, 1.82) is 0 Å². The monoisotopic (exact) mass is 170 g/mol. The maximum atomic E-state index is 11.1. The summed E-state index contributed by atoms with van der Waals surface area (Å²) in [6.45, 7) is 6.58. The van der Waals surface area contributed by atoms with Crippen LogP contribution < -0.4 is 10.9 Å². The third-order valence-corrected chi connectivity index (χ3v) is 1.65. The lowest BCUT2D eigenvalue weighted by Crippen LogP contribution is -2.38. The van der Waals surface area contributed by atoms with Crippen molar-refractivity contribution in [3.8, 4) is 0 Å². The highest BCUT2D eigenvalue weighted by Crippen LogP contribution is 1.89. The highest BCUT2D eigenvalue weighted by atomic mass is 16.2. The standard InChI is InChI=1S/C9H18N2O/c1-4-6-7-10-11-9(12)8(3)5-2/h5,10H,4,6-7H2,1-3H3,(H,11,12). The molecule has 0 aliphatic carbocycles. The number of carbonyl (C=O) groups excluding carboxylic acids is 1. The molecule has 0 fully saturated rings. The first-order chi connectivity index (χ1) is 5.72. The van der Waals surface area contributed by atoms with Crippen LogP contribution in [0.3, 0.4) is 0 Å². The third-order valence-electron chi connectivity index (χ3n) is 1.65. The van der Waals surface area contributed by atoms with Gasteiger partial charge in [0.1, 0.15) is 0 Å². The molecule has 70 valence electrons. The maximum absolute atomic E-state index is 11.1. The Labute approximate surface area is 74.2 Å². The molecule has 0 aliphatic rings. The zero-order valence-electron chi connectivity index (χ0n) is 8.11. The van der Waals surface area contributed by atoms with Gasteiger partial charge in [0.05, 0.1) is 0 Å². The van der Waals surface area contributed by atoms with Gasteiger partial charge in [0.2, 0.25) is 0 Å². The molecule has 0 aromatic rings. The number of allylic oxidation sites excluding steroid dienone is 1. The SMILES string of the molecule is CC=C(C)C(=O)NNCCCC. The van der Waals surface area contributed by atoms with Gasteiger partial charge in [0, 0.05) is 12.1 Å². The highest BCUT2D eigenvalue weighted by Gasteiger charge is 1.99. The van der Waals surface area contributed by atoms with Crippen molar-refractivity contribution in [1.82, 2.24) is 10.9 Å². The molecule has 0 bridgehead atoms. The van der Waals surface area contributed by atoms with E-state index in [1.807, 2.05) is 6.92 Å². The van der Waals surface area contributed by atoms with E-state index >= 15 is 0 Å². The molecule has 0 aromatic carbocycles. The highest BCUT2D eigenvalue weighted by molar-refractivity contribution is 5.92. The molecule has 0 aliphatic heterocycles. The van der Waals surface area contributed by atoms with Crippen LogP contribution in [0.1, 0.15) is 33.6 Å². The molecule has 0 radical (unpaired) electrons. The van der Waals surface area contributed by atoms with E-state index < -0.39 is 0 Å². The molecule has 0 spiro atoms. The van der Waals surface area contributed by atoms with Crippen LogP contribution in [0, 0.1) is 0 Å². The average molecular weight is 170 g/mol. The van der Waals surface area contributed by atoms with E-state index in [1.165, 1.54) is 0 Å². The summed E-state index contributed by atoms with van der Waals surface area (Å²) in [4.78, 5) is 11.1. The lowest BCUT2D eigenvalue weighted by molar-refractivity contribution is -0.118. The van der Waals surface area contributed by atoms with Crippen LogP contribution in [-0.4, -0.2) is 12.5 Å². The van der Waals surface area contributed by atoms with E-state index in [0.717, 1.165) is 25.0 Å². The second kappa shape index (κ2) is 6.85. The first-order valence-corrected chi connectivity index (χ1v) is 4.38. The number of rotatable bonds is 5. The molecule has 0 saturated heterocycles. The predicted octanol–water partition coefficient (Wildman–Crippen LogP) is 1.37.